The molecule has 0 aliphatic rings. The molecule has 20 heavy (non-hydrogen) atoms. The smallest absolute Gasteiger partial charge is 0.337 e. The third-order valence-electron chi connectivity index (χ3n) is 2.76. The van der Waals surface area contributed by atoms with Gasteiger partial charge in [-0.25, -0.2) is 17.9 Å². The zero-order valence-corrected chi connectivity index (χ0v) is 12.1. The van der Waals surface area contributed by atoms with Crippen LogP contribution in [0.25, 0.3) is 0 Å². The summed E-state index contributed by atoms with van der Waals surface area (Å²) >= 11 is 0. The van der Waals surface area contributed by atoms with Gasteiger partial charge in [0.05, 0.1) is 25.0 Å². The molecule has 0 fully saturated rings. The number of hydrogen-bond acceptors (Lipinski definition) is 6. The molecule has 0 amide bonds. The Morgan fingerprint density at radius 2 is 2.15 bits per heavy atom. The van der Waals surface area contributed by atoms with Gasteiger partial charge in [0.15, 0.2) is 0 Å². The van der Waals surface area contributed by atoms with Crippen LogP contribution in [0, 0.1) is 0 Å². The van der Waals surface area contributed by atoms with Crippen LogP contribution in [0.4, 0.5) is 5.69 Å². The van der Waals surface area contributed by atoms with E-state index in [9.17, 15) is 13.2 Å². The van der Waals surface area contributed by atoms with E-state index >= 15 is 0 Å². The molecule has 1 atom stereocenters. The Bertz CT molecular complexity index is 582. The summed E-state index contributed by atoms with van der Waals surface area (Å²) in [5, 5.41) is 9.03. The number of ether oxygens (including phenoxy) is 1. The van der Waals surface area contributed by atoms with Crippen LogP contribution in [0.15, 0.2) is 23.1 Å². The molecule has 1 unspecified atom stereocenters. The maximum absolute atomic E-state index is 12.1. The van der Waals surface area contributed by atoms with Gasteiger partial charge in [0.1, 0.15) is 4.90 Å². The SMILES string of the molecule is CCC(CO)NS(=O)(=O)c1ccc(C(=O)OC)cc1N. The quantitative estimate of drug-likeness (QED) is 0.507. The summed E-state index contributed by atoms with van der Waals surface area (Å²) < 4.78 is 31.1. The van der Waals surface area contributed by atoms with Crippen molar-refractivity contribution in [2.75, 3.05) is 19.5 Å². The van der Waals surface area contributed by atoms with Crippen molar-refractivity contribution in [3.05, 3.63) is 23.8 Å². The number of nitrogens with two attached hydrogens (primary N) is 1. The topological polar surface area (TPSA) is 119 Å². The van der Waals surface area contributed by atoms with E-state index in [1.165, 1.54) is 25.3 Å². The second kappa shape index (κ2) is 6.69. The molecule has 0 aliphatic heterocycles. The van der Waals surface area contributed by atoms with Gasteiger partial charge in [-0.3, -0.25) is 0 Å². The molecule has 0 bridgehead atoms. The van der Waals surface area contributed by atoms with Crippen LogP contribution in [0.5, 0.6) is 0 Å². The second-order valence-electron chi connectivity index (χ2n) is 4.15. The van der Waals surface area contributed by atoms with E-state index < -0.39 is 22.0 Å². The van der Waals surface area contributed by atoms with Gasteiger partial charge in [-0.05, 0) is 24.6 Å². The summed E-state index contributed by atoms with van der Waals surface area (Å²) in [5.74, 6) is -0.601. The molecule has 1 aromatic rings. The molecule has 7 nitrogen and oxygen atoms in total. The molecule has 8 heteroatoms. The second-order valence-corrected chi connectivity index (χ2v) is 5.84. The van der Waals surface area contributed by atoms with Gasteiger partial charge >= 0.3 is 5.97 Å². The Hall–Kier alpha value is -1.64. The summed E-state index contributed by atoms with van der Waals surface area (Å²) in [7, 11) is -2.63. The highest BCUT2D eigenvalue weighted by Crippen LogP contribution is 2.20. The lowest BCUT2D eigenvalue weighted by Crippen LogP contribution is -2.37. The summed E-state index contributed by atoms with van der Waals surface area (Å²) in [4.78, 5) is 11.2. The predicted molar refractivity (Wildman–Crippen MR) is 73.7 cm³/mol. The monoisotopic (exact) mass is 302 g/mol. The number of benzene rings is 1. The van der Waals surface area contributed by atoms with Crippen molar-refractivity contribution >= 4 is 21.7 Å². The molecule has 0 radical (unpaired) electrons. The first-order valence-electron chi connectivity index (χ1n) is 5.96. The summed E-state index contributed by atoms with van der Waals surface area (Å²) in [5.41, 5.74) is 5.77. The van der Waals surface area contributed by atoms with Crippen molar-refractivity contribution in [2.24, 2.45) is 0 Å². The van der Waals surface area contributed by atoms with Crippen LogP contribution in [-0.2, 0) is 14.8 Å². The van der Waals surface area contributed by atoms with Gasteiger partial charge in [0, 0.05) is 6.04 Å². The Kier molecular flexibility index (Phi) is 5.49. The van der Waals surface area contributed by atoms with Gasteiger partial charge in [-0.2, -0.15) is 0 Å². The highest BCUT2D eigenvalue weighted by Gasteiger charge is 2.22. The number of nitrogen functional groups attached to an aromatic ring is 1. The summed E-state index contributed by atoms with van der Waals surface area (Å²) in [6, 6.07) is 3.20. The van der Waals surface area contributed by atoms with Crippen molar-refractivity contribution in [2.45, 2.75) is 24.3 Å². The molecule has 0 saturated carbocycles. The number of aliphatic hydroxyl groups excluding tert-OH is 1. The lowest BCUT2D eigenvalue weighted by molar-refractivity contribution is 0.0600. The summed E-state index contributed by atoms with van der Waals surface area (Å²) in [6.07, 6.45) is 0.440. The number of methoxy groups -OCH3 is 1. The molecule has 0 heterocycles. The van der Waals surface area contributed by atoms with Gasteiger partial charge < -0.3 is 15.6 Å². The minimum Gasteiger partial charge on any atom is -0.465 e. The van der Waals surface area contributed by atoms with Gasteiger partial charge in [0.25, 0.3) is 0 Å². The maximum atomic E-state index is 12.1. The van der Waals surface area contributed by atoms with Gasteiger partial charge in [0.2, 0.25) is 10.0 Å². The highest BCUT2D eigenvalue weighted by molar-refractivity contribution is 7.89. The molecular weight excluding hydrogens is 284 g/mol. The average molecular weight is 302 g/mol. The molecule has 112 valence electrons. The normalized spacial score (nSPS) is 12.9. The van der Waals surface area contributed by atoms with Crippen molar-refractivity contribution in [3.63, 3.8) is 0 Å². The molecular formula is C12H18N2O5S. The average Bonchev–Trinajstić information content (AvgIpc) is 2.43. The van der Waals surface area contributed by atoms with Crippen molar-refractivity contribution in [1.82, 2.24) is 4.72 Å². The predicted octanol–water partition coefficient (Wildman–Crippen LogP) is 0.105. The fourth-order valence-electron chi connectivity index (χ4n) is 1.57. The number of esters is 1. The minimum atomic E-state index is -3.85. The fraction of sp³-hybridized carbons (Fsp3) is 0.417. The lowest BCUT2D eigenvalue weighted by Gasteiger charge is -2.15. The van der Waals surface area contributed by atoms with E-state index in [0.29, 0.717) is 6.42 Å². The molecule has 0 aliphatic carbocycles. The Balaban J connectivity index is 3.11. The Morgan fingerprint density at radius 1 is 1.50 bits per heavy atom. The minimum absolute atomic E-state index is 0.0619. The highest BCUT2D eigenvalue weighted by atomic mass is 32.2. The first-order valence-corrected chi connectivity index (χ1v) is 7.45. The Labute approximate surface area is 117 Å². The number of anilines is 1. The number of rotatable bonds is 6. The third-order valence-corrected chi connectivity index (χ3v) is 4.35. The number of hydrogen-bond donors (Lipinski definition) is 3. The van der Waals surface area contributed by atoms with Crippen LogP contribution in [0.3, 0.4) is 0 Å². The number of sulfonamides is 1. The van der Waals surface area contributed by atoms with Crippen molar-refractivity contribution < 1.29 is 23.1 Å². The standard InChI is InChI=1S/C12H18N2O5S/c1-3-9(7-15)14-20(17,18)11-5-4-8(6-10(11)13)12(16)19-2/h4-6,9,14-15H,3,7,13H2,1-2H3. The lowest BCUT2D eigenvalue weighted by atomic mass is 10.2. The zero-order valence-electron chi connectivity index (χ0n) is 11.3. The zero-order chi connectivity index (χ0) is 15.3. The van der Waals surface area contributed by atoms with Crippen molar-refractivity contribution in [1.29, 1.82) is 0 Å². The number of carbonyl (C=O) groups is 1. The fourth-order valence-corrected chi connectivity index (χ4v) is 2.99. The molecule has 0 saturated heterocycles. The van der Waals surface area contributed by atoms with E-state index in [0.717, 1.165) is 0 Å². The van der Waals surface area contributed by atoms with Crippen LogP contribution >= 0.6 is 0 Å². The number of aliphatic hydroxyl groups is 1. The van der Waals surface area contributed by atoms with Crippen LogP contribution in [0.1, 0.15) is 23.7 Å². The van der Waals surface area contributed by atoms with E-state index in [-0.39, 0.29) is 22.8 Å². The van der Waals surface area contributed by atoms with Gasteiger partial charge in [-0.15, -0.1) is 0 Å². The first-order chi connectivity index (χ1) is 9.35. The van der Waals surface area contributed by atoms with Crippen LogP contribution in [-0.4, -0.2) is 39.3 Å². The van der Waals surface area contributed by atoms with E-state index in [1.807, 2.05) is 0 Å². The largest absolute Gasteiger partial charge is 0.465 e. The Morgan fingerprint density at radius 3 is 2.60 bits per heavy atom. The van der Waals surface area contributed by atoms with Crippen LogP contribution < -0.4 is 10.5 Å². The van der Waals surface area contributed by atoms with E-state index in [2.05, 4.69) is 9.46 Å². The molecule has 0 aromatic heterocycles. The maximum Gasteiger partial charge on any atom is 0.337 e. The van der Waals surface area contributed by atoms with E-state index in [1.54, 1.807) is 6.92 Å². The third kappa shape index (κ3) is 3.69. The van der Waals surface area contributed by atoms with Gasteiger partial charge in [-0.1, -0.05) is 6.92 Å². The molecule has 0 spiro atoms. The molecule has 4 N–H and O–H groups in total. The number of nitrogens with one attached hydrogen (secondary N) is 1. The van der Waals surface area contributed by atoms with E-state index in [4.69, 9.17) is 10.8 Å². The summed E-state index contributed by atoms with van der Waals surface area (Å²) in [6.45, 7) is 1.43. The van der Waals surface area contributed by atoms with Crippen molar-refractivity contribution in [3.8, 4) is 0 Å². The molecule has 1 rings (SSSR count). The first kappa shape index (κ1) is 16.4. The van der Waals surface area contributed by atoms with Crippen LogP contribution in [0.2, 0.25) is 0 Å². The number of carbonyl (C=O) groups excluding carboxylic acids is 1. The molecule has 1 aromatic carbocycles.